The number of halogens is 7. The van der Waals surface area contributed by atoms with Gasteiger partial charge in [-0.3, -0.25) is 9.59 Å². The van der Waals surface area contributed by atoms with Gasteiger partial charge in [0.2, 0.25) is 5.91 Å². The number of hydrogen-bond acceptors (Lipinski definition) is 3. The minimum Gasteiger partial charge on any atom is -0.394 e. The molecule has 12 heteroatoms. The van der Waals surface area contributed by atoms with Crippen LogP contribution in [0.25, 0.3) is 0 Å². The largest absolute Gasteiger partial charge is 0.394 e. The molecule has 3 rings (SSSR count). The summed E-state index contributed by atoms with van der Waals surface area (Å²) in [6, 6.07) is 10.2. The van der Waals surface area contributed by atoms with Crippen LogP contribution in [0, 0.1) is 17.5 Å². The predicted octanol–water partition coefficient (Wildman–Crippen LogP) is 7.10. The van der Waals surface area contributed by atoms with Crippen LogP contribution in [0.15, 0.2) is 53.0 Å². The predicted molar refractivity (Wildman–Crippen MR) is 136 cm³/mol. The third-order valence-corrected chi connectivity index (χ3v) is 6.21. The molecule has 3 aromatic rings. The number of nitrogens with two attached hydrogens (primary N) is 1. The van der Waals surface area contributed by atoms with Gasteiger partial charge in [0.05, 0.1) is 27.2 Å². The van der Waals surface area contributed by atoms with Crippen LogP contribution in [0.4, 0.5) is 30.2 Å². The van der Waals surface area contributed by atoms with Crippen molar-refractivity contribution in [2.24, 2.45) is 0 Å². The SMILES string of the molecule is Nc1c(F)ccc(NC(=O)c2cc(NC(=O)CC(Cl)(Cl)Cc3ccc(F)c(Br)c3)ccc2Cl)c1F. The van der Waals surface area contributed by atoms with Crippen molar-refractivity contribution in [3.8, 4) is 0 Å². The van der Waals surface area contributed by atoms with Crippen molar-refractivity contribution < 1.29 is 22.8 Å². The maximum absolute atomic E-state index is 14.1. The van der Waals surface area contributed by atoms with E-state index >= 15 is 0 Å². The molecular formula is C23H16BrCl3F3N3O2. The number of rotatable bonds is 7. The lowest BCUT2D eigenvalue weighted by molar-refractivity contribution is -0.116. The Hall–Kier alpha value is -2.46. The van der Waals surface area contributed by atoms with Gasteiger partial charge in [-0.25, -0.2) is 13.2 Å². The number of carbonyl (C=O) groups excluding carboxylic acids is 2. The van der Waals surface area contributed by atoms with E-state index < -0.39 is 39.3 Å². The van der Waals surface area contributed by atoms with Crippen LogP contribution in [0.1, 0.15) is 22.3 Å². The molecule has 0 aromatic heterocycles. The van der Waals surface area contributed by atoms with Crippen LogP contribution in [0.5, 0.6) is 0 Å². The fraction of sp³-hybridized carbons (Fsp3) is 0.130. The second-order valence-electron chi connectivity index (χ2n) is 7.48. The molecule has 0 aliphatic heterocycles. The van der Waals surface area contributed by atoms with E-state index in [9.17, 15) is 22.8 Å². The zero-order valence-electron chi connectivity index (χ0n) is 17.6. The minimum atomic E-state index is -1.51. The highest BCUT2D eigenvalue weighted by atomic mass is 79.9. The van der Waals surface area contributed by atoms with Gasteiger partial charge in [-0.15, -0.1) is 23.2 Å². The van der Waals surface area contributed by atoms with Crippen molar-refractivity contribution in [1.29, 1.82) is 0 Å². The van der Waals surface area contributed by atoms with Crippen LogP contribution < -0.4 is 16.4 Å². The normalized spacial score (nSPS) is 11.3. The Morgan fingerprint density at radius 1 is 0.971 bits per heavy atom. The van der Waals surface area contributed by atoms with E-state index in [1.807, 2.05) is 0 Å². The van der Waals surface area contributed by atoms with Crippen molar-refractivity contribution in [1.82, 2.24) is 0 Å². The standard InChI is InChI=1S/C23H16BrCl3F3N3O2/c24-14-7-11(1-4-16(14)28)9-23(26,27)10-19(34)32-12-2-3-15(25)13(8-12)22(35)33-18-6-5-17(29)21(31)20(18)30/h1-8H,9-10,31H2,(H,32,34)(H,33,35). The third-order valence-electron chi connectivity index (χ3n) is 4.74. The topological polar surface area (TPSA) is 84.2 Å². The Labute approximate surface area is 221 Å². The van der Waals surface area contributed by atoms with Crippen molar-refractivity contribution in [3.05, 3.63) is 86.6 Å². The summed E-state index contributed by atoms with van der Waals surface area (Å²) < 4.78 is 39.6. The number of benzene rings is 3. The average molecular weight is 610 g/mol. The molecule has 5 nitrogen and oxygen atoms in total. The van der Waals surface area contributed by atoms with Crippen LogP contribution in [0.2, 0.25) is 5.02 Å². The quantitative estimate of drug-likeness (QED) is 0.197. The Balaban J connectivity index is 1.69. The van der Waals surface area contributed by atoms with Gasteiger partial charge >= 0.3 is 0 Å². The van der Waals surface area contributed by atoms with E-state index in [0.717, 1.165) is 12.1 Å². The van der Waals surface area contributed by atoms with E-state index in [4.69, 9.17) is 40.5 Å². The lowest BCUT2D eigenvalue weighted by atomic mass is 10.1. The molecular weight excluding hydrogens is 594 g/mol. The van der Waals surface area contributed by atoms with Crippen molar-refractivity contribution in [2.75, 3.05) is 16.4 Å². The molecule has 0 bridgehead atoms. The molecule has 0 saturated heterocycles. The van der Waals surface area contributed by atoms with E-state index in [1.54, 1.807) is 0 Å². The Morgan fingerprint density at radius 2 is 1.66 bits per heavy atom. The summed E-state index contributed by atoms with van der Waals surface area (Å²) in [6.07, 6.45) is -0.265. The zero-order chi connectivity index (χ0) is 25.9. The van der Waals surface area contributed by atoms with Gasteiger partial charge in [-0.1, -0.05) is 17.7 Å². The highest BCUT2D eigenvalue weighted by Gasteiger charge is 2.28. The van der Waals surface area contributed by atoms with Crippen LogP contribution in [0.3, 0.4) is 0 Å². The van der Waals surface area contributed by atoms with Crippen LogP contribution in [-0.2, 0) is 11.2 Å². The van der Waals surface area contributed by atoms with Crippen LogP contribution >= 0.6 is 50.7 Å². The van der Waals surface area contributed by atoms with Gasteiger partial charge in [-0.05, 0) is 64.0 Å². The number of nitrogens with one attached hydrogen (secondary N) is 2. The second-order valence-corrected chi connectivity index (χ2v) is 10.4. The Bertz CT molecular complexity index is 1310. The molecule has 0 atom stereocenters. The maximum Gasteiger partial charge on any atom is 0.257 e. The van der Waals surface area contributed by atoms with Crippen molar-refractivity contribution in [3.63, 3.8) is 0 Å². The number of anilines is 3. The molecule has 3 aromatic carbocycles. The Morgan fingerprint density at radius 3 is 2.34 bits per heavy atom. The van der Waals surface area contributed by atoms with Gasteiger partial charge in [0, 0.05) is 12.1 Å². The van der Waals surface area contributed by atoms with Gasteiger partial charge in [0.25, 0.3) is 5.91 Å². The highest BCUT2D eigenvalue weighted by molar-refractivity contribution is 9.10. The first-order valence-electron chi connectivity index (χ1n) is 9.82. The summed E-state index contributed by atoms with van der Waals surface area (Å²) in [7, 11) is 0. The molecule has 0 heterocycles. The summed E-state index contributed by atoms with van der Waals surface area (Å²) in [6.45, 7) is 0. The third kappa shape index (κ3) is 7.04. The maximum atomic E-state index is 14.1. The summed E-state index contributed by atoms with van der Waals surface area (Å²) in [5.74, 6) is -3.93. The van der Waals surface area contributed by atoms with E-state index in [1.165, 1.54) is 36.4 Å². The smallest absolute Gasteiger partial charge is 0.257 e. The molecule has 184 valence electrons. The average Bonchev–Trinajstić information content (AvgIpc) is 2.77. The molecule has 0 aliphatic rings. The fourth-order valence-corrected chi connectivity index (χ4v) is 4.26. The fourth-order valence-electron chi connectivity index (χ4n) is 3.08. The second kappa shape index (κ2) is 11.1. The summed E-state index contributed by atoms with van der Waals surface area (Å²) >= 11 is 21.8. The van der Waals surface area contributed by atoms with Gasteiger partial charge in [0.15, 0.2) is 5.82 Å². The first-order chi connectivity index (χ1) is 16.4. The number of amides is 2. The first kappa shape index (κ1) is 27.1. The molecule has 0 aliphatic carbocycles. The lowest BCUT2D eigenvalue weighted by Crippen LogP contribution is -2.25. The van der Waals surface area contributed by atoms with Gasteiger partial charge in [0.1, 0.15) is 21.7 Å². The van der Waals surface area contributed by atoms with Crippen molar-refractivity contribution in [2.45, 2.75) is 17.2 Å². The number of carbonyl (C=O) groups is 2. The number of nitrogen functional groups attached to an aromatic ring is 1. The van der Waals surface area contributed by atoms with Crippen molar-refractivity contribution >= 4 is 79.6 Å². The zero-order valence-corrected chi connectivity index (χ0v) is 21.4. The molecule has 0 spiro atoms. The molecule has 0 saturated carbocycles. The minimum absolute atomic E-state index is 0.0157. The van der Waals surface area contributed by atoms with Gasteiger partial charge < -0.3 is 16.4 Å². The molecule has 0 fully saturated rings. The van der Waals surface area contributed by atoms with E-state index in [2.05, 4.69) is 26.6 Å². The first-order valence-corrected chi connectivity index (χ1v) is 11.7. The molecule has 0 unspecified atom stereocenters. The van der Waals surface area contributed by atoms with E-state index in [-0.39, 0.29) is 39.3 Å². The molecule has 0 radical (unpaired) electrons. The number of hydrogen-bond donors (Lipinski definition) is 3. The summed E-state index contributed by atoms with van der Waals surface area (Å²) in [4.78, 5) is 25.2. The monoisotopic (exact) mass is 607 g/mol. The van der Waals surface area contributed by atoms with E-state index in [0.29, 0.717) is 5.56 Å². The summed E-state index contributed by atoms with van der Waals surface area (Å²) in [5.41, 5.74) is 4.92. The molecule has 35 heavy (non-hydrogen) atoms. The molecule has 2 amide bonds. The Kier molecular flexibility index (Phi) is 8.58. The molecule has 4 N–H and O–H groups in total. The lowest BCUT2D eigenvalue weighted by Gasteiger charge is -2.19. The van der Waals surface area contributed by atoms with Crippen LogP contribution in [-0.4, -0.2) is 16.1 Å². The summed E-state index contributed by atoms with van der Waals surface area (Å²) in [5, 5.41) is 4.83. The number of alkyl halides is 2. The highest BCUT2D eigenvalue weighted by Crippen LogP contribution is 2.32. The van der Waals surface area contributed by atoms with Gasteiger partial charge in [-0.2, -0.15) is 0 Å².